The molecule has 18 heavy (non-hydrogen) atoms. The maximum atomic E-state index is 11.1. The van der Waals surface area contributed by atoms with Gasteiger partial charge in [-0.1, -0.05) is 24.4 Å². The second-order valence-electron chi connectivity index (χ2n) is 4.29. The fourth-order valence-corrected chi connectivity index (χ4v) is 2.53. The third-order valence-corrected chi connectivity index (χ3v) is 3.84. The third-order valence-electron chi connectivity index (χ3n) is 2.59. The summed E-state index contributed by atoms with van der Waals surface area (Å²) in [4.78, 5) is 2.32. The van der Waals surface area contributed by atoms with Crippen LogP contribution >= 0.6 is 12.2 Å². The highest BCUT2D eigenvalue weighted by molar-refractivity contribution is 7.90. The first-order valence-electron chi connectivity index (χ1n) is 5.59. The summed E-state index contributed by atoms with van der Waals surface area (Å²) >= 11 is 5.00. The standard InChI is InChI=1S/C12H18N2O2S2/c1-14(8-5-9-18(2,15)16)11-7-4-3-6-10(11)12(13)17/h3-4,6-7H,5,8-9H2,1-2H3,(H2,13,17). The van der Waals surface area contributed by atoms with Gasteiger partial charge in [0.1, 0.15) is 14.8 Å². The Labute approximate surface area is 114 Å². The molecule has 0 aliphatic rings. The maximum absolute atomic E-state index is 11.1. The second-order valence-corrected chi connectivity index (χ2v) is 6.99. The second kappa shape index (κ2) is 6.15. The average molecular weight is 286 g/mol. The molecule has 0 heterocycles. The number of para-hydroxylation sites is 1. The van der Waals surface area contributed by atoms with Crippen LogP contribution in [0.25, 0.3) is 0 Å². The van der Waals surface area contributed by atoms with Crippen molar-refractivity contribution in [3.63, 3.8) is 0 Å². The summed E-state index contributed by atoms with van der Waals surface area (Å²) in [6.45, 7) is 0.646. The van der Waals surface area contributed by atoms with Gasteiger partial charge in [-0.25, -0.2) is 8.42 Å². The predicted octanol–water partition coefficient (Wildman–Crippen LogP) is 1.19. The Morgan fingerprint density at radius 1 is 1.39 bits per heavy atom. The zero-order chi connectivity index (χ0) is 13.8. The Morgan fingerprint density at radius 2 is 2.00 bits per heavy atom. The molecule has 1 rings (SSSR count). The van der Waals surface area contributed by atoms with E-state index in [9.17, 15) is 8.42 Å². The van der Waals surface area contributed by atoms with Crippen molar-refractivity contribution < 1.29 is 8.42 Å². The first kappa shape index (κ1) is 14.9. The van der Waals surface area contributed by atoms with Crippen molar-refractivity contribution >= 4 is 32.7 Å². The maximum Gasteiger partial charge on any atom is 0.147 e. The number of nitrogens with zero attached hydrogens (tertiary/aromatic N) is 1. The fraction of sp³-hybridized carbons (Fsp3) is 0.417. The Morgan fingerprint density at radius 3 is 2.56 bits per heavy atom. The van der Waals surface area contributed by atoms with E-state index in [4.69, 9.17) is 18.0 Å². The molecule has 0 saturated carbocycles. The smallest absolute Gasteiger partial charge is 0.147 e. The minimum Gasteiger partial charge on any atom is -0.389 e. The van der Waals surface area contributed by atoms with Crippen LogP contribution in [0.2, 0.25) is 0 Å². The molecular formula is C12H18N2O2S2. The molecule has 0 aliphatic carbocycles. The number of sulfone groups is 1. The zero-order valence-electron chi connectivity index (χ0n) is 10.6. The highest BCUT2D eigenvalue weighted by atomic mass is 32.2. The molecule has 0 radical (unpaired) electrons. The van der Waals surface area contributed by atoms with Crippen LogP contribution in [0.3, 0.4) is 0 Å². The number of rotatable bonds is 6. The zero-order valence-corrected chi connectivity index (χ0v) is 12.2. The van der Waals surface area contributed by atoms with Crippen molar-refractivity contribution in [2.24, 2.45) is 5.73 Å². The summed E-state index contributed by atoms with van der Waals surface area (Å²) in [5, 5.41) is 0. The molecule has 1 aromatic carbocycles. The van der Waals surface area contributed by atoms with Crippen molar-refractivity contribution in [2.75, 3.05) is 30.5 Å². The molecule has 0 aliphatic heterocycles. The van der Waals surface area contributed by atoms with E-state index in [0.717, 1.165) is 11.3 Å². The quantitative estimate of drug-likeness (QED) is 0.796. The van der Waals surface area contributed by atoms with E-state index in [1.807, 2.05) is 36.2 Å². The molecule has 100 valence electrons. The number of thiocarbonyl (C=S) groups is 1. The van der Waals surface area contributed by atoms with Crippen molar-refractivity contribution in [2.45, 2.75) is 6.42 Å². The lowest BCUT2D eigenvalue weighted by Gasteiger charge is -2.21. The molecule has 0 atom stereocenters. The lowest BCUT2D eigenvalue weighted by molar-refractivity contribution is 0.599. The van der Waals surface area contributed by atoms with Crippen LogP contribution < -0.4 is 10.6 Å². The minimum atomic E-state index is -2.91. The molecular weight excluding hydrogens is 268 g/mol. The lowest BCUT2D eigenvalue weighted by atomic mass is 10.1. The Kier molecular flexibility index (Phi) is 5.10. The van der Waals surface area contributed by atoms with Crippen molar-refractivity contribution in [3.8, 4) is 0 Å². The van der Waals surface area contributed by atoms with Crippen LogP contribution in [0, 0.1) is 0 Å². The summed E-state index contributed by atoms with van der Waals surface area (Å²) in [5.41, 5.74) is 7.40. The van der Waals surface area contributed by atoms with Gasteiger partial charge in [-0.05, 0) is 18.6 Å². The monoisotopic (exact) mass is 286 g/mol. The molecule has 0 fully saturated rings. The van der Waals surface area contributed by atoms with Gasteiger partial charge in [-0.15, -0.1) is 0 Å². The Balaban J connectivity index is 2.73. The number of nitrogens with two attached hydrogens (primary N) is 1. The topological polar surface area (TPSA) is 63.4 Å². The number of anilines is 1. The van der Waals surface area contributed by atoms with E-state index in [1.54, 1.807) is 0 Å². The Hall–Kier alpha value is -1.14. The fourth-order valence-electron chi connectivity index (χ4n) is 1.70. The summed E-state index contributed by atoms with van der Waals surface area (Å²) in [6.07, 6.45) is 1.83. The van der Waals surface area contributed by atoms with E-state index in [1.165, 1.54) is 6.26 Å². The van der Waals surface area contributed by atoms with Gasteiger partial charge in [-0.2, -0.15) is 0 Å². The summed E-state index contributed by atoms with van der Waals surface area (Å²) in [6, 6.07) is 7.58. The molecule has 0 aromatic heterocycles. The normalized spacial score (nSPS) is 11.2. The first-order chi connectivity index (χ1) is 8.31. The average Bonchev–Trinajstić information content (AvgIpc) is 2.27. The van der Waals surface area contributed by atoms with Gasteiger partial charge in [-0.3, -0.25) is 0 Å². The van der Waals surface area contributed by atoms with E-state index < -0.39 is 9.84 Å². The van der Waals surface area contributed by atoms with Crippen LogP contribution in [-0.4, -0.2) is 39.0 Å². The molecule has 1 aromatic rings. The molecule has 6 heteroatoms. The molecule has 0 saturated heterocycles. The van der Waals surface area contributed by atoms with Crippen LogP contribution in [0.4, 0.5) is 5.69 Å². The predicted molar refractivity (Wildman–Crippen MR) is 79.9 cm³/mol. The molecule has 0 amide bonds. The number of hydrogen-bond donors (Lipinski definition) is 1. The van der Waals surface area contributed by atoms with Gasteiger partial charge in [0.25, 0.3) is 0 Å². The third kappa shape index (κ3) is 4.62. The van der Waals surface area contributed by atoms with Crippen molar-refractivity contribution in [1.82, 2.24) is 0 Å². The first-order valence-corrected chi connectivity index (χ1v) is 8.06. The molecule has 0 unspecified atom stereocenters. The molecule has 2 N–H and O–H groups in total. The van der Waals surface area contributed by atoms with Gasteiger partial charge < -0.3 is 10.6 Å². The minimum absolute atomic E-state index is 0.187. The van der Waals surface area contributed by atoms with E-state index in [0.29, 0.717) is 18.0 Å². The van der Waals surface area contributed by atoms with Crippen LogP contribution in [-0.2, 0) is 9.84 Å². The Bertz CT molecular complexity index is 527. The summed E-state index contributed by atoms with van der Waals surface area (Å²) in [5.74, 6) is 0.187. The van der Waals surface area contributed by atoms with Crippen LogP contribution in [0.1, 0.15) is 12.0 Å². The van der Waals surface area contributed by atoms with Crippen LogP contribution in [0.15, 0.2) is 24.3 Å². The molecule has 0 bridgehead atoms. The van der Waals surface area contributed by atoms with E-state index in [-0.39, 0.29) is 5.75 Å². The van der Waals surface area contributed by atoms with Gasteiger partial charge in [0.15, 0.2) is 0 Å². The van der Waals surface area contributed by atoms with Gasteiger partial charge in [0.2, 0.25) is 0 Å². The SMILES string of the molecule is CN(CCCS(C)(=O)=O)c1ccccc1C(N)=S. The lowest BCUT2D eigenvalue weighted by Crippen LogP contribution is -2.24. The van der Waals surface area contributed by atoms with Crippen molar-refractivity contribution in [3.05, 3.63) is 29.8 Å². The number of hydrogen-bond acceptors (Lipinski definition) is 4. The van der Waals surface area contributed by atoms with Crippen LogP contribution in [0.5, 0.6) is 0 Å². The van der Waals surface area contributed by atoms with E-state index >= 15 is 0 Å². The van der Waals surface area contributed by atoms with Gasteiger partial charge >= 0.3 is 0 Å². The van der Waals surface area contributed by atoms with Gasteiger partial charge in [0, 0.05) is 31.1 Å². The largest absolute Gasteiger partial charge is 0.389 e. The van der Waals surface area contributed by atoms with Crippen molar-refractivity contribution in [1.29, 1.82) is 0 Å². The highest BCUT2D eigenvalue weighted by Gasteiger charge is 2.09. The van der Waals surface area contributed by atoms with E-state index in [2.05, 4.69) is 0 Å². The number of benzene rings is 1. The van der Waals surface area contributed by atoms with Gasteiger partial charge in [0.05, 0.1) is 5.75 Å². The highest BCUT2D eigenvalue weighted by Crippen LogP contribution is 2.19. The molecule has 0 spiro atoms. The summed E-state index contributed by atoms with van der Waals surface area (Å²) in [7, 11) is -1.00. The summed E-state index contributed by atoms with van der Waals surface area (Å²) < 4.78 is 22.1. The molecule has 4 nitrogen and oxygen atoms in total.